The van der Waals surface area contributed by atoms with Gasteiger partial charge in [-0.15, -0.1) is 0 Å². The highest BCUT2D eigenvalue weighted by Gasteiger charge is 2.07. The van der Waals surface area contributed by atoms with Gasteiger partial charge in [0, 0.05) is 19.0 Å². The van der Waals surface area contributed by atoms with Crippen LogP contribution in [0.1, 0.15) is 20.3 Å². The van der Waals surface area contributed by atoms with E-state index in [-0.39, 0.29) is 6.42 Å². The fourth-order valence-electron chi connectivity index (χ4n) is 0.550. The second-order valence-electron chi connectivity index (χ2n) is 2.48. The van der Waals surface area contributed by atoms with Crippen LogP contribution in [0.25, 0.3) is 0 Å². The molecule has 4 nitrogen and oxygen atoms in total. The summed E-state index contributed by atoms with van der Waals surface area (Å²) in [5, 5.41) is 2.34. The topological polar surface area (TPSA) is 66.4 Å². The van der Waals surface area contributed by atoms with Crippen LogP contribution in [0.2, 0.25) is 0 Å². The van der Waals surface area contributed by atoms with Crippen molar-refractivity contribution in [1.82, 2.24) is 5.32 Å². The molecular formula is C6H13NO3S. The van der Waals surface area contributed by atoms with Gasteiger partial charge in [-0.3, -0.25) is 4.79 Å². The zero-order valence-corrected chi connectivity index (χ0v) is 7.48. The third-order valence-electron chi connectivity index (χ3n) is 1.08. The van der Waals surface area contributed by atoms with E-state index in [0.717, 1.165) is 0 Å². The van der Waals surface area contributed by atoms with Gasteiger partial charge in [-0.1, -0.05) is 13.8 Å². The number of hydrogen-bond acceptors (Lipinski definition) is 3. The van der Waals surface area contributed by atoms with Crippen molar-refractivity contribution in [1.29, 1.82) is 0 Å². The quantitative estimate of drug-likeness (QED) is 0.602. The van der Waals surface area contributed by atoms with Crippen molar-refractivity contribution in [2.24, 2.45) is 0 Å². The van der Waals surface area contributed by atoms with Gasteiger partial charge in [-0.05, 0) is 0 Å². The van der Waals surface area contributed by atoms with Crippen LogP contribution in [-0.2, 0) is 15.9 Å². The summed E-state index contributed by atoms with van der Waals surface area (Å²) in [6.45, 7) is 4.35. The molecule has 0 aromatic carbocycles. The molecule has 0 amide bonds. The van der Waals surface area contributed by atoms with Crippen molar-refractivity contribution < 1.29 is 13.6 Å². The number of carbonyl (C=O) groups is 1. The van der Waals surface area contributed by atoms with Crippen molar-refractivity contribution in [3.8, 4) is 0 Å². The first-order valence-electron chi connectivity index (χ1n) is 3.41. The highest BCUT2D eigenvalue weighted by Crippen LogP contribution is 1.86. The maximum absolute atomic E-state index is 10.5. The Kier molecular flexibility index (Phi) is 5.27. The molecule has 0 aromatic rings. The van der Waals surface area contributed by atoms with E-state index < -0.39 is 16.2 Å². The van der Waals surface area contributed by atoms with Gasteiger partial charge in [0.1, 0.15) is 0 Å². The first kappa shape index (κ1) is 10.7. The van der Waals surface area contributed by atoms with E-state index in [1.54, 1.807) is 0 Å². The van der Waals surface area contributed by atoms with E-state index in [4.69, 9.17) is 4.55 Å². The van der Waals surface area contributed by atoms with Gasteiger partial charge in [0.05, 0.1) is 0 Å². The first-order valence-corrected chi connectivity index (χ1v) is 4.51. The van der Waals surface area contributed by atoms with Gasteiger partial charge in [0.15, 0.2) is 0 Å². The van der Waals surface area contributed by atoms with Crippen LogP contribution in [0.15, 0.2) is 0 Å². The summed E-state index contributed by atoms with van der Waals surface area (Å²) >= 11 is -2.30. The van der Waals surface area contributed by atoms with Crippen molar-refractivity contribution in [2.75, 3.05) is 6.54 Å². The smallest absolute Gasteiger partial charge is 0.247 e. The Morgan fingerprint density at radius 3 is 2.55 bits per heavy atom. The summed E-state index contributed by atoms with van der Waals surface area (Å²) in [6, 6.07) is 0.301. The zero-order chi connectivity index (χ0) is 8.85. The summed E-state index contributed by atoms with van der Waals surface area (Å²) in [6.07, 6.45) is 0.112. The molecule has 0 fully saturated rings. The third kappa shape index (κ3) is 6.15. The molecule has 0 bridgehead atoms. The molecule has 66 valence electrons. The Balaban J connectivity index is 3.40. The molecule has 0 radical (unpaired) electrons. The van der Waals surface area contributed by atoms with E-state index in [1.165, 1.54) is 0 Å². The molecule has 0 saturated heterocycles. The second kappa shape index (κ2) is 5.40. The molecule has 1 atom stereocenters. The molecular weight excluding hydrogens is 166 g/mol. The van der Waals surface area contributed by atoms with Gasteiger partial charge >= 0.3 is 0 Å². The molecule has 1 unspecified atom stereocenters. The fourth-order valence-corrected chi connectivity index (χ4v) is 0.827. The fraction of sp³-hybridized carbons (Fsp3) is 0.833. The molecule has 11 heavy (non-hydrogen) atoms. The van der Waals surface area contributed by atoms with Crippen LogP contribution in [0, 0.1) is 0 Å². The second-order valence-corrected chi connectivity index (χ2v) is 3.43. The van der Waals surface area contributed by atoms with Gasteiger partial charge in [0.2, 0.25) is 16.2 Å². The highest BCUT2D eigenvalue weighted by molar-refractivity contribution is 7.95. The summed E-state index contributed by atoms with van der Waals surface area (Å²) in [4.78, 5) is 10.5. The normalized spacial score (nSPS) is 13.5. The Labute approximate surface area is 68.7 Å². The van der Waals surface area contributed by atoms with Gasteiger partial charge in [-0.2, -0.15) is 0 Å². The van der Waals surface area contributed by atoms with Crippen LogP contribution in [0.3, 0.4) is 0 Å². The van der Waals surface area contributed by atoms with Crippen molar-refractivity contribution in [3.05, 3.63) is 0 Å². The monoisotopic (exact) mass is 179 g/mol. The lowest BCUT2D eigenvalue weighted by Gasteiger charge is -2.05. The van der Waals surface area contributed by atoms with E-state index in [9.17, 15) is 9.00 Å². The summed E-state index contributed by atoms with van der Waals surface area (Å²) in [5.41, 5.74) is 0. The summed E-state index contributed by atoms with van der Waals surface area (Å²) < 4.78 is 18.4. The number of carbonyl (C=O) groups excluding carboxylic acids is 1. The SMILES string of the molecule is CC(C)NCCC(=O)S(=O)O. The predicted octanol–water partition coefficient (Wildman–Crippen LogP) is 0.123. The summed E-state index contributed by atoms with van der Waals surface area (Å²) in [7, 11) is 0. The van der Waals surface area contributed by atoms with E-state index in [1.807, 2.05) is 13.8 Å². The third-order valence-corrected chi connectivity index (χ3v) is 1.67. The maximum atomic E-state index is 10.5. The van der Waals surface area contributed by atoms with Crippen molar-refractivity contribution in [2.45, 2.75) is 26.3 Å². The molecule has 0 saturated carbocycles. The van der Waals surface area contributed by atoms with Crippen molar-refractivity contribution >= 4 is 16.2 Å². The van der Waals surface area contributed by atoms with Gasteiger partial charge in [0.25, 0.3) is 0 Å². The van der Waals surface area contributed by atoms with Crippen LogP contribution in [0.5, 0.6) is 0 Å². The molecule has 0 aliphatic carbocycles. The molecule has 0 heterocycles. The molecule has 2 N–H and O–H groups in total. The average Bonchev–Trinajstić information content (AvgIpc) is 1.86. The number of nitrogens with one attached hydrogen (secondary N) is 1. The largest absolute Gasteiger partial charge is 0.314 e. The predicted molar refractivity (Wildman–Crippen MR) is 43.5 cm³/mol. The lowest BCUT2D eigenvalue weighted by Crippen LogP contribution is -2.26. The lowest BCUT2D eigenvalue weighted by molar-refractivity contribution is -0.111. The molecule has 0 aliphatic heterocycles. The van der Waals surface area contributed by atoms with Crippen LogP contribution in [-0.4, -0.2) is 26.5 Å². The van der Waals surface area contributed by atoms with Crippen LogP contribution < -0.4 is 5.32 Å². The van der Waals surface area contributed by atoms with Crippen LogP contribution >= 0.6 is 0 Å². The first-order chi connectivity index (χ1) is 5.04. The Morgan fingerprint density at radius 1 is 1.64 bits per heavy atom. The van der Waals surface area contributed by atoms with E-state index in [0.29, 0.717) is 12.6 Å². The maximum Gasteiger partial charge on any atom is 0.247 e. The molecule has 0 aliphatic rings. The molecule has 5 heteroatoms. The Bertz CT molecular complexity index is 158. The standard InChI is InChI=1S/C6H13NO3S/c1-5(2)7-4-3-6(8)11(9)10/h5,7H,3-4H2,1-2H3,(H,9,10). The van der Waals surface area contributed by atoms with Gasteiger partial charge < -0.3 is 9.87 Å². The minimum absolute atomic E-state index is 0.112. The Morgan fingerprint density at radius 2 is 2.18 bits per heavy atom. The highest BCUT2D eigenvalue weighted by atomic mass is 32.2. The number of rotatable bonds is 4. The lowest BCUT2D eigenvalue weighted by atomic mass is 10.3. The summed E-state index contributed by atoms with van der Waals surface area (Å²) in [5.74, 6) is 0. The van der Waals surface area contributed by atoms with Gasteiger partial charge in [-0.25, -0.2) is 4.21 Å². The minimum atomic E-state index is -2.30. The molecule has 0 spiro atoms. The minimum Gasteiger partial charge on any atom is -0.314 e. The molecule has 0 aromatic heterocycles. The molecule has 0 rings (SSSR count). The van der Waals surface area contributed by atoms with E-state index >= 15 is 0 Å². The van der Waals surface area contributed by atoms with Crippen molar-refractivity contribution in [3.63, 3.8) is 0 Å². The zero-order valence-electron chi connectivity index (χ0n) is 6.66. The van der Waals surface area contributed by atoms with E-state index in [2.05, 4.69) is 5.32 Å². The average molecular weight is 179 g/mol. The number of hydrogen-bond donors (Lipinski definition) is 2. The Hall–Kier alpha value is -0.260. The van der Waals surface area contributed by atoms with Crippen LogP contribution in [0.4, 0.5) is 0 Å².